The van der Waals surface area contributed by atoms with Gasteiger partial charge in [0, 0.05) is 15.2 Å². The molecule has 7 aromatic carbocycles. The average molecular weight is 603 g/mol. The van der Waals surface area contributed by atoms with Gasteiger partial charge in [-0.1, -0.05) is 145 Å². The van der Waals surface area contributed by atoms with E-state index in [1.165, 1.54) is 98.1 Å². The summed E-state index contributed by atoms with van der Waals surface area (Å²) in [4.78, 5) is 2.67. The zero-order chi connectivity index (χ0) is 30.6. The smallest absolute Gasteiger partial charge is 0.0731 e. The molecule has 2 aliphatic carbocycles. The predicted molar refractivity (Wildman–Crippen MR) is 196 cm³/mol. The van der Waals surface area contributed by atoms with Crippen LogP contribution in [0.15, 0.2) is 155 Å². The van der Waals surface area contributed by atoms with Gasteiger partial charge in [-0.25, -0.2) is 0 Å². The van der Waals surface area contributed by atoms with Crippen LogP contribution in [0, 0.1) is 0 Å². The largest absolute Gasteiger partial charge is 0.0891 e. The van der Waals surface area contributed by atoms with Crippen molar-refractivity contribution in [2.75, 3.05) is 0 Å². The summed E-state index contributed by atoms with van der Waals surface area (Å²) in [6.07, 6.45) is 4.39. The summed E-state index contributed by atoms with van der Waals surface area (Å²) in [5.74, 6) is 0. The van der Waals surface area contributed by atoms with Crippen LogP contribution < -0.4 is 0 Å². The number of hydrogen-bond acceptors (Lipinski definition) is 1. The molecular formula is C45H30S. The third kappa shape index (κ3) is 3.21. The third-order valence-corrected chi connectivity index (χ3v) is 11.8. The van der Waals surface area contributed by atoms with Crippen LogP contribution in [-0.4, -0.2) is 0 Å². The molecule has 0 aromatic heterocycles. The van der Waals surface area contributed by atoms with Crippen molar-refractivity contribution >= 4 is 38.9 Å². The second-order valence-electron chi connectivity index (χ2n) is 12.7. The van der Waals surface area contributed by atoms with E-state index in [-0.39, 0.29) is 5.41 Å². The van der Waals surface area contributed by atoms with E-state index in [9.17, 15) is 0 Å². The van der Waals surface area contributed by atoms with Crippen molar-refractivity contribution in [3.05, 3.63) is 178 Å². The predicted octanol–water partition coefficient (Wildman–Crippen LogP) is 12.4. The zero-order valence-electron chi connectivity index (χ0n) is 25.8. The Morgan fingerprint density at radius 1 is 0.543 bits per heavy atom. The Morgan fingerprint density at radius 3 is 2.04 bits per heavy atom. The molecular weight excluding hydrogens is 573 g/mol. The highest BCUT2D eigenvalue weighted by molar-refractivity contribution is 8.03. The van der Waals surface area contributed by atoms with Gasteiger partial charge in [0.05, 0.1) is 5.41 Å². The van der Waals surface area contributed by atoms with Crippen molar-refractivity contribution in [3.8, 4) is 33.4 Å². The summed E-state index contributed by atoms with van der Waals surface area (Å²) in [5, 5.41) is 5.33. The molecule has 1 aliphatic heterocycles. The quantitative estimate of drug-likeness (QED) is 0.190. The summed E-state index contributed by atoms with van der Waals surface area (Å²) in [6, 6.07) is 50.6. The van der Waals surface area contributed by atoms with Gasteiger partial charge >= 0.3 is 0 Å². The fraction of sp³-hybridized carbons (Fsp3) is 0.0667. The van der Waals surface area contributed by atoms with Gasteiger partial charge in [0.15, 0.2) is 0 Å². The van der Waals surface area contributed by atoms with Gasteiger partial charge in [-0.05, 0) is 109 Å². The Morgan fingerprint density at radius 2 is 1.22 bits per heavy atom. The number of fused-ring (bicyclic) bond motifs is 12. The van der Waals surface area contributed by atoms with Crippen LogP contribution in [0.5, 0.6) is 0 Å². The van der Waals surface area contributed by atoms with Gasteiger partial charge in [0.2, 0.25) is 0 Å². The van der Waals surface area contributed by atoms with Crippen LogP contribution in [-0.2, 0) is 5.41 Å². The molecule has 10 rings (SSSR count). The van der Waals surface area contributed by atoms with Crippen molar-refractivity contribution in [2.45, 2.75) is 24.2 Å². The van der Waals surface area contributed by atoms with Crippen LogP contribution in [0.3, 0.4) is 0 Å². The lowest BCUT2D eigenvalue weighted by Crippen LogP contribution is -2.26. The van der Waals surface area contributed by atoms with Crippen LogP contribution in [0.1, 0.15) is 41.7 Å². The lowest BCUT2D eigenvalue weighted by atomic mass is 9.69. The maximum Gasteiger partial charge on any atom is 0.0731 e. The highest BCUT2D eigenvalue weighted by atomic mass is 32.2. The molecule has 216 valence electrons. The van der Waals surface area contributed by atoms with Crippen LogP contribution >= 0.6 is 11.8 Å². The highest BCUT2D eigenvalue weighted by Gasteiger charge is 2.52. The molecule has 0 saturated carbocycles. The Kier molecular flexibility index (Phi) is 5.37. The van der Waals surface area contributed by atoms with Crippen molar-refractivity contribution in [1.82, 2.24) is 0 Å². The number of rotatable bonds is 2. The van der Waals surface area contributed by atoms with E-state index in [1.54, 1.807) is 0 Å². The van der Waals surface area contributed by atoms with Crippen molar-refractivity contribution in [2.24, 2.45) is 0 Å². The van der Waals surface area contributed by atoms with E-state index in [0.29, 0.717) is 0 Å². The lowest BCUT2D eigenvalue weighted by Gasteiger charge is -2.31. The maximum atomic E-state index is 2.47. The molecule has 0 bridgehead atoms. The first-order valence-corrected chi connectivity index (χ1v) is 17.0. The fourth-order valence-corrected chi connectivity index (χ4v) is 9.91. The summed E-state index contributed by atoms with van der Waals surface area (Å²) in [5.41, 5.74) is 15.8. The Balaban J connectivity index is 1.26. The minimum Gasteiger partial charge on any atom is -0.0891 e. The van der Waals surface area contributed by atoms with Crippen molar-refractivity contribution < 1.29 is 0 Å². The number of thioether (sulfide) groups is 1. The minimum absolute atomic E-state index is 0.362. The first-order chi connectivity index (χ1) is 22.7. The molecule has 1 atom stereocenters. The Hall–Kier alpha value is -5.11. The maximum absolute atomic E-state index is 2.47. The Bertz CT molecular complexity index is 2530. The second kappa shape index (κ2) is 9.45. The molecule has 1 heterocycles. The molecule has 46 heavy (non-hydrogen) atoms. The van der Waals surface area contributed by atoms with Crippen LogP contribution in [0.4, 0.5) is 0 Å². The first-order valence-electron chi connectivity index (χ1n) is 16.1. The monoisotopic (exact) mass is 602 g/mol. The third-order valence-electron chi connectivity index (χ3n) is 10.6. The molecule has 1 heteroatoms. The van der Waals surface area contributed by atoms with Crippen molar-refractivity contribution in [1.29, 1.82) is 0 Å². The summed E-state index contributed by atoms with van der Waals surface area (Å²) in [6.45, 7) is 4.36. The molecule has 1 spiro atoms. The molecule has 3 aliphatic rings. The molecule has 0 radical (unpaired) electrons. The van der Waals surface area contributed by atoms with Gasteiger partial charge < -0.3 is 0 Å². The van der Waals surface area contributed by atoms with Crippen LogP contribution in [0.2, 0.25) is 0 Å². The number of allylic oxidation sites excluding steroid dienone is 3. The fourth-order valence-electron chi connectivity index (χ4n) is 8.75. The van der Waals surface area contributed by atoms with Gasteiger partial charge in [0.1, 0.15) is 0 Å². The summed E-state index contributed by atoms with van der Waals surface area (Å²) < 4.78 is 0. The van der Waals surface area contributed by atoms with Gasteiger partial charge in [-0.15, -0.1) is 0 Å². The second-order valence-corrected chi connectivity index (χ2v) is 13.8. The van der Waals surface area contributed by atoms with E-state index in [1.807, 2.05) is 11.8 Å². The molecule has 7 aromatic rings. The lowest BCUT2D eigenvalue weighted by molar-refractivity contribution is 0.801. The summed E-state index contributed by atoms with van der Waals surface area (Å²) in [7, 11) is 0. The highest BCUT2D eigenvalue weighted by Crippen LogP contribution is 2.64. The molecule has 0 nitrogen and oxygen atoms in total. The Labute approximate surface area is 273 Å². The molecule has 1 unspecified atom stereocenters. The topological polar surface area (TPSA) is 0 Å². The molecule has 0 fully saturated rings. The van der Waals surface area contributed by atoms with E-state index in [0.717, 1.165) is 0 Å². The molecule has 0 amide bonds. The van der Waals surface area contributed by atoms with E-state index >= 15 is 0 Å². The van der Waals surface area contributed by atoms with E-state index < -0.39 is 0 Å². The van der Waals surface area contributed by atoms with Gasteiger partial charge in [-0.2, -0.15) is 0 Å². The molecule has 0 N–H and O–H groups in total. The van der Waals surface area contributed by atoms with Crippen LogP contribution in [0.25, 0.3) is 60.5 Å². The SMILES string of the molecule is C/C=C\C1=C(C)c2cccc3c(-c4ccc5c(c4)-c4ccccc4C54c5ccccc5-c5ccc6ccccc6c54)ccc(c23)S1. The van der Waals surface area contributed by atoms with E-state index in [4.69, 9.17) is 0 Å². The summed E-state index contributed by atoms with van der Waals surface area (Å²) >= 11 is 1.89. The number of hydrogen-bond donors (Lipinski definition) is 0. The molecule has 0 saturated heterocycles. The minimum atomic E-state index is -0.362. The van der Waals surface area contributed by atoms with Crippen molar-refractivity contribution in [3.63, 3.8) is 0 Å². The number of benzene rings is 7. The standard InChI is InChI=1S/C45H30S/c1-3-11-41-27(2)30-16-10-17-35-31(23-25-42(46-41)43(30)35)29-21-24-40-37(26-29)34-15-7-9-19-39(34)45(40)38-18-8-6-14-33(38)36-22-20-28-12-4-5-13-32(28)44(36)45/h3-26H,1-2H3/b11-3-. The van der Waals surface area contributed by atoms with Gasteiger partial charge in [0.25, 0.3) is 0 Å². The zero-order valence-corrected chi connectivity index (χ0v) is 26.6. The van der Waals surface area contributed by atoms with Gasteiger partial charge in [-0.3, -0.25) is 0 Å². The average Bonchev–Trinajstić information content (AvgIpc) is 3.57. The van der Waals surface area contributed by atoms with E-state index in [2.05, 4.69) is 159 Å². The first kappa shape index (κ1) is 26.1. The normalized spacial score (nSPS) is 17.2.